The molecule has 0 spiro atoms. The molecule has 2 heterocycles. The molecule has 0 bridgehead atoms. The molecule has 2 aliphatic heterocycles. The van der Waals surface area contributed by atoms with Gasteiger partial charge in [-0.2, -0.15) is 0 Å². The van der Waals surface area contributed by atoms with Gasteiger partial charge in [-0.25, -0.2) is 0 Å². The molecule has 5 nitrogen and oxygen atoms in total. The summed E-state index contributed by atoms with van der Waals surface area (Å²) in [6.07, 6.45) is 0. The van der Waals surface area contributed by atoms with Gasteiger partial charge in [0.1, 0.15) is 13.2 Å². The molecule has 1 aromatic carbocycles. The molecule has 1 amide bonds. The Morgan fingerprint density at radius 2 is 1.90 bits per heavy atom. The fourth-order valence-corrected chi connectivity index (χ4v) is 2.53. The van der Waals surface area contributed by atoms with E-state index in [-0.39, 0.29) is 11.4 Å². The third-order valence-corrected chi connectivity index (χ3v) is 4.20. The van der Waals surface area contributed by atoms with Gasteiger partial charge in [-0.3, -0.25) is 4.79 Å². The summed E-state index contributed by atoms with van der Waals surface area (Å²) < 4.78 is 11.0. The number of nitrogens with two attached hydrogens (primary N) is 1. The number of fused-ring (bicyclic) bond motifs is 1. The van der Waals surface area contributed by atoms with Gasteiger partial charge in [0, 0.05) is 18.7 Å². The van der Waals surface area contributed by atoms with E-state index in [4.69, 9.17) is 15.2 Å². The van der Waals surface area contributed by atoms with Crippen molar-refractivity contribution in [1.82, 2.24) is 4.90 Å². The van der Waals surface area contributed by atoms with E-state index >= 15 is 0 Å². The maximum atomic E-state index is 12.4. The van der Waals surface area contributed by atoms with Gasteiger partial charge < -0.3 is 20.1 Å². The molecule has 1 aromatic rings. The van der Waals surface area contributed by atoms with Crippen LogP contribution in [0.5, 0.6) is 11.5 Å². The predicted octanol–water partition coefficient (Wildman–Crippen LogP) is 1.27. The molecule has 0 aromatic heterocycles. The highest BCUT2D eigenvalue weighted by Crippen LogP contribution is 2.33. The van der Waals surface area contributed by atoms with Gasteiger partial charge in [0.25, 0.3) is 5.91 Å². The van der Waals surface area contributed by atoms with Crippen LogP contribution in [0.4, 0.5) is 0 Å². The summed E-state index contributed by atoms with van der Waals surface area (Å²) in [5.74, 6) is 1.72. The highest BCUT2D eigenvalue weighted by molar-refractivity contribution is 5.95. The summed E-state index contributed by atoms with van der Waals surface area (Å²) in [7, 11) is 0. The van der Waals surface area contributed by atoms with E-state index in [1.54, 1.807) is 23.1 Å². The van der Waals surface area contributed by atoms with Gasteiger partial charge in [0.2, 0.25) is 0 Å². The molecule has 5 heteroatoms. The fourth-order valence-electron chi connectivity index (χ4n) is 2.53. The number of amides is 1. The minimum Gasteiger partial charge on any atom is -0.486 e. The molecule has 0 saturated carbocycles. The maximum Gasteiger partial charge on any atom is 0.254 e. The van der Waals surface area contributed by atoms with Crippen LogP contribution in [0.25, 0.3) is 0 Å². The van der Waals surface area contributed by atoms with Gasteiger partial charge in [-0.15, -0.1) is 0 Å². The summed E-state index contributed by atoms with van der Waals surface area (Å²) in [6, 6.07) is 5.32. The van der Waals surface area contributed by atoms with Crippen molar-refractivity contribution in [2.45, 2.75) is 19.4 Å². The van der Waals surface area contributed by atoms with Gasteiger partial charge >= 0.3 is 0 Å². The number of hydrogen-bond acceptors (Lipinski definition) is 4. The first-order chi connectivity index (χ1) is 9.49. The first kappa shape index (κ1) is 13.2. The zero-order valence-electron chi connectivity index (χ0n) is 11.9. The zero-order chi connectivity index (χ0) is 14.3. The topological polar surface area (TPSA) is 64.8 Å². The first-order valence-corrected chi connectivity index (χ1v) is 6.97. The molecular formula is C15H20N2O3. The molecule has 0 aliphatic carbocycles. The van der Waals surface area contributed by atoms with Crippen molar-refractivity contribution < 1.29 is 14.3 Å². The Hall–Kier alpha value is -1.75. The molecular weight excluding hydrogens is 256 g/mol. The van der Waals surface area contributed by atoms with E-state index in [1.165, 1.54) is 0 Å². The highest BCUT2D eigenvalue weighted by Gasteiger charge is 2.44. The average Bonchev–Trinajstić information content (AvgIpc) is 2.42. The lowest BCUT2D eigenvalue weighted by Gasteiger charge is -2.50. The number of rotatable bonds is 2. The summed E-state index contributed by atoms with van der Waals surface area (Å²) >= 11 is 0. The van der Waals surface area contributed by atoms with Crippen molar-refractivity contribution >= 4 is 5.91 Å². The Bertz CT molecular complexity index is 536. The fraction of sp³-hybridized carbons (Fsp3) is 0.533. The lowest BCUT2D eigenvalue weighted by atomic mass is 9.80. The molecule has 0 unspecified atom stereocenters. The van der Waals surface area contributed by atoms with Crippen LogP contribution < -0.4 is 15.2 Å². The Morgan fingerprint density at radius 3 is 2.55 bits per heavy atom. The minimum absolute atomic E-state index is 0.00342. The molecule has 0 atom stereocenters. The zero-order valence-corrected chi connectivity index (χ0v) is 11.9. The van der Waals surface area contributed by atoms with Crippen molar-refractivity contribution in [2.24, 2.45) is 11.7 Å². The summed E-state index contributed by atoms with van der Waals surface area (Å²) in [5.41, 5.74) is 6.60. The number of carbonyl (C=O) groups is 1. The third-order valence-electron chi connectivity index (χ3n) is 4.20. The SMILES string of the molecule is CC(C)C1(N)CN(C(=O)c2ccc3c(c2)OCCO3)C1. The van der Waals surface area contributed by atoms with Crippen LogP contribution in [0, 0.1) is 5.92 Å². The van der Waals surface area contributed by atoms with E-state index < -0.39 is 0 Å². The summed E-state index contributed by atoms with van der Waals surface area (Å²) in [4.78, 5) is 14.2. The van der Waals surface area contributed by atoms with Crippen molar-refractivity contribution in [3.63, 3.8) is 0 Å². The average molecular weight is 276 g/mol. The second-order valence-corrected chi connectivity index (χ2v) is 5.91. The Kier molecular flexibility index (Phi) is 3.09. The molecule has 0 radical (unpaired) electrons. The Balaban J connectivity index is 1.73. The van der Waals surface area contributed by atoms with E-state index in [9.17, 15) is 4.79 Å². The number of hydrogen-bond donors (Lipinski definition) is 1. The highest BCUT2D eigenvalue weighted by atomic mass is 16.6. The molecule has 2 N–H and O–H groups in total. The number of carbonyl (C=O) groups excluding carboxylic acids is 1. The normalized spacial score (nSPS) is 19.7. The van der Waals surface area contributed by atoms with Crippen molar-refractivity contribution in [3.8, 4) is 11.5 Å². The lowest BCUT2D eigenvalue weighted by Crippen LogP contribution is -2.71. The van der Waals surface area contributed by atoms with Crippen molar-refractivity contribution in [1.29, 1.82) is 0 Å². The molecule has 108 valence electrons. The predicted molar refractivity (Wildman–Crippen MR) is 75.1 cm³/mol. The molecule has 20 heavy (non-hydrogen) atoms. The van der Waals surface area contributed by atoms with Gasteiger partial charge in [-0.1, -0.05) is 13.8 Å². The summed E-state index contributed by atoms with van der Waals surface area (Å²) in [6.45, 7) is 6.47. The maximum absolute atomic E-state index is 12.4. The number of benzene rings is 1. The first-order valence-electron chi connectivity index (χ1n) is 6.97. The molecule has 1 fully saturated rings. The minimum atomic E-state index is -0.247. The Morgan fingerprint density at radius 1 is 1.25 bits per heavy atom. The molecule has 2 aliphatic rings. The van der Waals surface area contributed by atoms with E-state index in [2.05, 4.69) is 13.8 Å². The summed E-state index contributed by atoms with van der Waals surface area (Å²) in [5, 5.41) is 0. The van der Waals surface area contributed by atoms with Crippen LogP contribution in [-0.4, -0.2) is 42.6 Å². The quantitative estimate of drug-likeness (QED) is 0.883. The standard InChI is InChI=1S/C15H20N2O3/c1-10(2)15(16)8-17(9-15)14(18)11-3-4-12-13(7-11)20-6-5-19-12/h3-4,7,10H,5-6,8-9,16H2,1-2H3. The molecule has 3 rings (SSSR count). The smallest absolute Gasteiger partial charge is 0.254 e. The lowest BCUT2D eigenvalue weighted by molar-refractivity contribution is 0.0274. The van der Waals surface area contributed by atoms with Crippen LogP contribution in [0.15, 0.2) is 18.2 Å². The Labute approximate surface area is 118 Å². The van der Waals surface area contributed by atoms with Crippen molar-refractivity contribution in [2.75, 3.05) is 26.3 Å². The van der Waals surface area contributed by atoms with Crippen LogP contribution in [0.2, 0.25) is 0 Å². The van der Waals surface area contributed by atoms with Crippen LogP contribution in [0.3, 0.4) is 0 Å². The van der Waals surface area contributed by atoms with Crippen LogP contribution in [-0.2, 0) is 0 Å². The third kappa shape index (κ3) is 2.12. The second-order valence-electron chi connectivity index (χ2n) is 5.91. The van der Waals surface area contributed by atoms with Gasteiger partial charge in [-0.05, 0) is 24.1 Å². The number of nitrogens with zero attached hydrogens (tertiary/aromatic N) is 1. The van der Waals surface area contributed by atoms with Gasteiger partial charge in [0.05, 0.1) is 5.54 Å². The second kappa shape index (κ2) is 4.66. The van der Waals surface area contributed by atoms with E-state index in [1.807, 2.05) is 0 Å². The molecule has 1 saturated heterocycles. The van der Waals surface area contributed by atoms with E-state index in [0.717, 1.165) is 0 Å². The van der Waals surface area contributed by atoms with Crippen molar-refractivity contribution in [3.05, 3.63) is 23.8 Å². The van der Waals surface area contributed by atoms with Crippen LogP contribution in [0.1, 0.15) is 24.2 Å². The largest absolute Gasteiger partial charge is 0.486 e. The monoisotopic (exact) mass is 276 g/mol. The van der Waals surface area contributed by atoms with Crippen LogP contribution >= 0.6 is 0 Å². The van der Waals surface area contributed by atoms with Gasteiger partial charge in [0.15, 0.2) is 11.5 Å². The van der Waals surface area contributed by atoms with E-state index in [0.29, 0.717) is 49.3 Å². The number of likely N-dealkylation sites (tertiary alicyclic amines) is 1. The number of ether oxygens (including phenoxy) is 2.